The standard InChI is InChI=1S/C15H23NO2S/c1-3-16-15(11-12-5-4-6-12)13-7-9-14(10-8-13)19(2,17)18/h7-10,12,15-16H,3-6,11H2,1-2H3. The summed E-state index contributed by atoms with van der Waals surface area (Å²) in [6.07, 6.45) is 6.44. The molecule has 1 N–H and O–H groups in total. The highest BCUT2D eigenvalue weighted by Crippen LogP contribution is 2.34. The van der Waals surface area contributed by atoms with Gasteiger partial charge in [-0.15, -0.1) is 0 Å². The molecule has 0 saturated heterocycles. The molecule has 0 amide bonds. The zero-order valence-electron chi connectivity index (χ0n) is 11.7. The van der Waals surface area contributed by atoms with E-state index in [1.165, 1.54) is 31.1 Å². The maximum Gasteiger partial charge on any atom is 0.175 e. The zero-order valence-corrected chi connectivity index (χ0v) is 12.5. The smallest absolute Gasteiger partial charge is 0.175 e. The Morgan fingerprint density at radius 2 is 1.89 bits per heavy atom. The molecule has 19 heavy (non-hydrogen) atoms. The van der Waals surface area contributed by atoms with Gasteiger partial charge in [-0.3, -0.25) is 0 Å². The lowest BCUT2D eigenvalue weighted by Gasteiger charge is -2.30. The van der Waals surface area contributed by atoms with Crippen molar-refractivity contribution < 1.29 is 8.42 Å². The van der Waals surface area contributed by atoms with E-state index >= 15 is 0 Å². The van der Waals surface area contributed by atoms with Crippen molar-refractivity contribution in [3.8, 4) is 0 Å². The molecule has 4 heteroatoms. The minimum atomic E-state index is -3.09. The summed E-state index contributed by atoms with van der Waals surface area (Å²) >= 11 is 0. The minimum Gasteiger partial charge on any atom is -0.310 e. The first-order chi connectivity index (χ1) is 9.00. The van der Waals surface area contributed by atoms with Crippen LogP contribution in [0.5, 0.6) is 0 Å². The molecule has 1 atom stereocenters. The number of nitrogens with one attached hydrogen (secondary N) is 1. The van der Waals surface area contributed by atoms with E-state index in [0.29, 0.717) is 10.9 Å². The molecule has 0 spiro atoms. The van der Waals surface area contributed by atoms with Gasteiger partial charge in [-0.2, -0.15) is 0 Å². The van der Waals surface area contributed by atoms with Crippen LogP contribution in [0.15, 0.2) is 29.2 Å². The fourth-order valence-corrected chi connectivity index (χ4v) is 3.22. The van der Waals surface area contributed by atoms with E-state index in [0.717, 1.165) is 18.9 Å². The zero-order chi connectivity index (χ0) is 13.9. The number of hydrogen-bond donors (Lipinski definition) is 1. The molecule has 0 radical (unpaired) electrons. The van der Waals surface area contributed by atoms with Gasteiger partial charge in [-0.1, -0.05) is 38.3 Å². The molecule has 1 aromatic carbocycles. The molecule has 1 fully saturated rings. The lowest BCUT2D eigenvalue weighted by Crippen LogP contribution is -2.25. The average Bonchev–Trinajstić information content (AvgIpc) is 2.31. The molecule has 2 rings (SSSR count). The van der Waals surface area contributed by atoms with Gasteiger partial charge in [0.2, 0.25) is 0 Å². The van der Waals surface area contributed by atoms with Crippen molar-refractivity contribution in [1.82, 2.24) is 5.32 Å². The molecule has 1 aliphatic carbocycles. The molecule has 1 aromatic rings. The summed E-state index contributed by atoms with van der Waals surface area (Å²) in [6.45, 7) is 3.05. The maximum absolute atomic E-state index is 11.5. The number of benzene rings is 1. The average molecular weight is 281 g/mol. The number of hydrogen-bond acceptors (Lipinski definition) is 3. The summed E-state index contributed by atoms with van der Waals surface area (Å²) in [6, 6.07) is 7.68. The van der Waals surface area contributed by atoms with E-state index in [9.17, 15) is 8.42 Å². The minimum absolute atomic E-state index is 0.351. The van der Waals surface area contributed by atoms with Crippen LogP contribution in [0.25, 0.3) is 0 Å². The predicted octanol–water partition coefficient (Wildman–Crippen LogP) is 2.93. The van der Waals surface area contributed by atoms with Gasteiger partial charge in [0.05, 0.1) is 4.90 Å². The van der Waals surface area contributed by atoms with Crippen molar-refractivity contribution in [3.63, 3.8) is 0 Å². The normalized spacial score (nSPS) is 18.0. The summed E-state index contributed by atoms with van der Waals surface area (Å²) in [5.74, 6) is 0.832. The van der Waals surface area contributed by atoms with Crippen LogP contribution >= 0.6 is 0 Å². The highest BCUT2D eigenvalue weighted by molar-refractivity contribution is 7.90. The monoisotopic (exact) mass is 281 g/mol. The molecule has 3 nitrogen and oxygen atoms in total. The molecular formula is C15H23NO2S. The Balaban J connectivity index is 2.12. The second-order valence-corrected chi connectivity index (χ2v) is 7.50. The van der Waals surface area contributed by atoms with Crippen molar-refractivity contribution in [1.29, 1.82) is 0 Å². The van der Waals surface area contributed by atoms with Gasteiger partial charge in [-0.25, -0.2) is 8.42 Å². The van der Waals surface area contributed by atoms with Crippen molar-refractivity contribution >= 4 is 9.84 Å². The number of rotatable bonds is 6. The lowest BCUT2D eigenvalue weighted by molar-refractivity contribution is 0.262. The predicted molar refractivity (Wildman–Crippen MR) is 77.9 cm³/mol. The van der Waals surface area contributed by atoms with Gasteiger partial charge >= 0.3 is 0 Å². The molecule has 1 saturated carbocycles. The fourth-order valence-electron chi connectivity index (χ4n) is 2.59. The molecule has 0 aliphatic heterocycles. The van der Waals surface area contributed by atoms with Gasteiger partial charge < -0.3 is 5.32 Å². The Bertz CT molecular complexity index is 503. The second-order valence-electron chi connectivity index (χ2n) is 5.48. The maximum atomic E-state index is 11.5. The molecule has 0 aromatic heterocycles. The highest BCUT2D eigenvalue weighted by Gasteiger charge is 2.22. The summed E-state index contributed by atoms with van der Waals surface area (Å²) in [5.41, 5.74) is 1.20. The fraction of sp³-hybridized carbons (Fsp3) is 0.600. The Morgan fingerprint density at radius 1 is 1.26 bits per heavy atom. The van der Waals surface area contributed by atoms with Crippen LogP contribution in [-0.4, -0.2) is 21.2 Å². The topological polar surface area (TPSA) is 46.2 Å². The van der Waals surface area contributed by atoms with Crippen LogP contribution in [-0.2, 0) is 9.84 Å². The summed E-state index contributed by atoms with van der Waals surface area (Å²) in [5, 5.41) is 3.51. The third-order valence-electron chi connectivity index (χ3n) is 3.95. The molecule has 0 bridgehead atoms. The summed E-state index contributed by atoms with van der Waals surface area (Å²) < 4.78 is 22.9. The van der Waals surface area contributed by atoms with Gasteiger partial charge in [0, 0.05) is 12.3 Å². The summed E-state index contributed by atoms with van der Waals surface area (Å²) in [7, 11) is -3.09. The third-order valence-corrected chi connectivity index (χ3v) is 5.08. The summed E-state index contributed by atoms with van der Waals surface area (Å²) in [4.78, 5) is 0.398. The van der Waals surface area contributed by atoms with Gasteiger partial charge in [0.15, 0.2) is 9.84 Å². The van der Waals surface area contributed by atoms with Crippen LogP contribution in [0.1, 0.15) is 44.2 Å². The van der Waals surface area contributed by atoms with Gasteiger partial charge in [0.1, 0.15) is 0 Å². The van der Waals surface area contributed by atoms with E-state index < -0.39 is 9.84 Å². The molecular weight excluding hydrogens is 258 g/mol. The van der Waals surface area contributed by atoms with E-state index in [-0.39, 0.29) is 0 Å². The lowest BCUT2D eigenvalue weighted by atomic mass is 9.79. The third kappa shape index (κ3) is 3.80. The first-order valence-electron chi connectivity index (χ1n) is 7.04. The van der Waals surface area contributed by atoms with Crippen molar-refractivity contribution in [2.24, 2.45) is 5.92 Å². The molecule has 1 aliphatic rings. The highest BCUT2D eigenvalue weighted by atomic mass is 32.2. The van der Waals surface area contributed by atoms with E-state index in [1.54, 1.807) is 12.1 Å². The first-order valence-corrected chi connectivity index (χ1v) is 8.93. The SMILES string of the molecule is CCNC(CC1CCC1)c1ccc(S(C)(=O)=O)cc1. The molecule has 1 unspecified atom stereocenters. The van der Waals surface area contributed by atoms with E-state index in [2.05, 4.69) is 12.2 Å². The Hall–Kier alpha value is -0.870. The van der Waals surface area contributed by atoms with Crippen LogP contribution in [0.2, 0.25) is 0 Å². The quantitative estimate of drug-likeness (QED) is 0.872. The van der Waals surface area contributed by atoms with E-state index in [4.69, 9.17) is 0 Å². The van der Waals surface area contributed by atoms with Crippen LogP contribution < -0.4 is 5.32 Å². The largest absolute Gasteiger partial charge is 0.310 e. The molecule has 106 valence electrons. The van der Waals surface area contributed by atoms with Gasteiger partial charge in [-0.05, 0) is 36.6 Å². The number of sulfone groups is 1. The first kappa shape index (κ1) is 14.5. The second kappa shape index (κ2) is 6.06. The van der Waals surface area contributed by atoms with Crippen molar-refractivity contribution in [2.45, 2.75) is 43.5 Å². The van der Waals surface area contributed by atoms with Gasteiger partial charge in [0.25, 0.3) is 0 Å². The Labute approximate surface area is 116 Å². The van der Waals surface area contributed by atoms with E-state index in [1.807, 2.05) is 12.1 Å². The van der Waals surface area contributed by atoms with Crippen LogP contribution in [0, 0.1) is 5.92 Å². The van der Waals surface area contributed by atoms with Crippen LogP contribution in [0.4, 0.5) is 0 Å². The molecule has 0 heterocycles. The van der Waals surface area contributed by atoms with Crippen molar-refractivity contribution in [2.75, 3.05) is 12.8 Å². The van der Waals surface area contributed by atoms with Crippen LogP contribution in [0.3, 0.4) is 0 Å². The van der Waals surface area contributed by atoms with Crippen molar-refractivity contribution in [3.05, 3.63) is 29.8 Å². The Morgan fingerprint density at radius 3 is 2.32 bits per heavy atom. The Kier molecular flexibility index (Phi) is 4.63.